The Morgan fingerprint density at radius 1 is 1.34 bits per heavy atom. The first kappa shape index (κ1) is 19.8. The third kappa shape index (κ3) is 3.61. The summed E-state index contributed by atoms with van der Waals surface area (Å²) < 4.78 is 28.4. The van der Waals surface area contributed by atoms with Gasteiger partial charge in [0.1, 0.15) is 17.7 Å². The Balaban J connectivity index is 1.62. The molecule has 1 saturated carbocycles. The van der Waals surface area contributed by atoms with Crippen LogP contribution in [0, 0.1) is 11.2 Å². The number of nitrogens with zero attached hydrogens (tertiary/aromatic N) is 3. The number of alkyl halides is 1. The summed E-state index contributed by atoms with van der Waals surface area (Å²) in [6.45, 7) is 2.94. The summed E-state index contributed by atoms with van der Waals surface area (Å²) in [5, 5.41) is 4.38. The number of carbonyl (C=O) groups excluding carboxylic acids is 2. The van der Waals surface area contributed by atoms with Crippen LogP contribution in [0.3, 0.4) is 0 Å². The summed E-state index contributed by atoms with van der Waals surface area (Å²) >= 11 is 5.87. The summed E-state index contributed by atoms with van der Waals surface area (Å²) in [5.74, 6) is -1.33. The van der Waals surface area contributed by atoms with E-state index in [0.717, 1.165) is 0 Å². The van der Waals surface area contributed by atoms with Crippen LogP contribution in [0.25, 0.3) is 11.3 Å². The fourth-order valence-electron chi connectivity index (χ4n) is 4.27. The molecule has 2 amide bonds. The second-order valence-corrected chi connectivity index (χ2v) is 8.60. The molecule has 1 fully saturated rings. The van der Waals surface area contributed by atoms with Gasteiger partial charge < -0.3 is 10.6 Å². The van der Waals surface area contributed by atoms with Crippen molar-refractivity contribution >= 4 is 23.4 Å². The van der Waals surface area contributed by atoms with E-state index in [4.69, 9.17) is 17.3 Å². The molecule has 1 aliphatic heterocycles. The molecule has 0 spiro atoms. The number of nitrogens with two attached hydrogens (primary N) is 1. The average molecular weight is 423 g/mol. The number of primary amides is 1. The molecule has 1 aromatic carbocycles. The van der Waals surface area contributed by atoms with Crippen molar-refractivity contribution in [2.75, 3.05) is 6.54 Å². The minimum atomic E-state index is -0.831. The van der Waals surface area contributed by atoms with E-state index in [1.165, 1.54) is 18.2 Å². The van der Waals surface area contributed by atoms with Gasteiger partial charge in [0.25, 0.3) is 5.91 Å². The number of hydrogen-bond acceptors (Lipinski definition) is 3. The van der Waals surface area contributed by atoms with Crippen molar-refractivity contribution in [3.8, 4) is 11.3 Å². The summed E-state index contributed by atoms with van der Waals surface area (Å²) in [6, 6.07) is 4.08. The van der Waals surface area contributed by atoms with E-state index >= 15 is 0 Å². The van der Waals surface area contributed by atoms with Crippen molar-refractivity contribution in [3.63, 3.8) is 0 Å². The molecule has 0 radical (unpaired) electrons. The summed E-state index contributed by atoms with van der Waals surface area (Å²) in [5.41, 5.74) is 6.83. The molecule has 154 valence electrons. The van der Waals surface area contributed by atoms with Crippen molar-refractivity contribution in [2.24, 2.45) is 11.1 Å². The van der Waals surface area contributed by atoms with E-state index in [-0.39, 0.29) is 34.9 Å². The molecule has 6 nitrogen and oxygen atoms in total. The number of aromatic nitrogens is 2. The number of fused-ring (bicyclic) bond motifs is 1. The first-order chi connectivity index (χ1) is 13.7. The van der Waals surface area contributed by atoms with Crippen LogP contribution in [-0.4, -0.2) is 39.2 Å². The van der Waals surface area contributed by atoms with E-state index in [1.54, 1.807) is 9.58 Å². The highest BCUT2D eigenvalue weighted by atomic mass is 35.5. The van der Waals surface area contributed by atoms with Crippen molar-refractivity contribution in [2.45, 2.75) is 45.4 Å². The molecule has 0 saturated heterocycles. The smallest absolute Gasteiger partial charge is 0.252 e. The molecule has 2 aromatic rings. The van der Waals surface area contributed by atoms with Crippen molar-refractivity contribution in [3.05, 3.63) is 40.3 Å². The van der Waals surface area contributed by atoms with Gasteiger partial charge in [0.15, 0.2) is 0 Å². The topological polar surface area (TPSA) is 81.2 Å². The van der Waals surface area contributed by atoms with Gasteiger partial charge in [0.2, 0.25) is 5.91 Å². The van der Waals surface area contributed by atoms with Gasteiger partial charge in [-0.05, 0) is 36.5 Å². The summed E-state index contributed by atoms with van der Waals surface area (Å²) in [6.07, 6.45) is 0.231. The average Bonchev–Trinajstić information content (AvgIpc) is 3.01. The predicted octanol–water partition coefficient (Wildman–Crippen LogP) is 3.31. The van der Waals surface area contributed by atoms with Crippen LogP contribution in [0.1, 0.15) is 42.2 Å². The lowest BCUT2D eigenvalue weighted by Crippen LogP contribution is -2.44. The van der Waals surface area contributed by atoms with Gasteiger partial charge in [-0.2, -0.15) is 5.10 Å². The molecule has 0 atom stereocenters. The van der Waals surface area contributed by atoms with Crippen molar-refractivity contribution in [1.82, 2.24) is 14.7 Å². The van der Waals surface area contributed by atoms with Gasteiger partial charge in [-0.25, -0.2) is 8.78 Å². The van der Waals surface area contributed by atoms with E-state index in [1.807, 2.05) is 6.92 Å². The highest BCUT2D eigenvalue weighted by Gasteiger charge is 2.43. The lowest BCUT2D eigenvalue weighted by molar-refractivity contribution is -0.137. The van der Waals surface area contributed by atoms with Crippen LogP contribution < -0.4 is 5.73 Å². The van der Waals surface area contributed by atoms with Gasteiger partial charge in [-0.3, -0.25) is 14.3 Å². The summed E-state index contributed by atoms with van der Waals surface area (Å²) in [4.78, 5) is 26.6. The van der Waals surface area contributed by atoms with Gasteiger partial charge in [0.05, 0.1) is 29.4 Å². The molecule has 1 aliphatic carbocycles. The second-order valence-electron chi connectivity index (χ2n) is 8.19. The maximum absolute atomic E-state index is 13.5. The van der Waals surface area contributed by atoms with Crippen LogP contribution in [0.2, 0.25) is 5.02 Å². The van der Waals surface area contributed by atoms with Crippen molar-refractivity contribution in [1.29, 1.82) is 0 Å². The molecule has 2 N–H and O–H groups in total. The Hall–Kier alpha value is -2.48. The maximum Gasteiger partial charge on any atom is 0.252 e. The lowest BCUT2D eigenvalue weighted by Gasteiger charge is -2.42. The number of amides is 2. The summed E-state index contributed by atoms with van der Waals surface area (Å²) in [7, 11) is 0. The van der Waals surface area contributed by atoms with E-state index in [9.17, 15) is 18.4 Å². The van der Waals surface area contributed by atoms with E-state index in [0.29, 0.717) is 42.9 Å². The maximum atomic E-state index is 13.5. The number of rotatable bonds is 4. The van der Waals surface area contributed by atoms with Crippen LogP contribution in [0.15, 0.2) is 18.2 Å². The van der Waals surface area contributed by atoms with E-state index in [2.05, 4.69) is 5.10 Å². The Kier molecular flexibility index (Phi) is 4.85. The largest absolute Gasteiger partial charge is 0.365 e. The fraction of sp³-hybridized carbons (Fsp3) is 0.450. The van der Waals surface area contributed by atoms with Gasteiger partial charge >= 0.3 is 0 Å². The second kappa shape index (κ2) is 7.09. The normalized spacial score (nSPS) is 23.4. The lowest BCUT2D eigenvalue weighted by atomic mass is 9.67. The molecule has 0 unspecified atom stereocenters. The molecule has 29 heavy (non-hydrogen) atoms. The Morgan fingerprint density at radius 2 is 2.07 bits per heavy atom. The first-order valence-corrected chi connectivity index (χ1v) is 9.81. The standard InChI is InChI=1S/C20H21ClF2N4O2/c1-20(7-12(22)8-20)9-16(28)26-4-5-27-15(10-26)17(19(24)29)18(25-27)11-2-3-14(23)13(21)6-11/h2-3,6,12H,4-5,7-10H2,1H3,(H2,24,29). The Bertz CT molecular complexity index is 1000. The number of carbonyl (C=O) groups is 2. The first-order valence-electron chi connectivity index (χ1n) is 9.43. The molecule has 2 aliphatic rings. The van der Waals surface area contributed by atoms with Gasteiger partial charge in [-0.15, -0.1) is 0 Å². The SMILES string of the molecule is CC1(CC(=O)N2CCn3nc(-c4ccc(F)c(Cl)c4)c(C(N)=O)c3C2)CC(F)C1. The van der Waals surface area contributed by atoms with E-state index < -0.39 is 17.9 Å². The van der Waals surface area contributed by atoms with Crippen molar-refractivity contribution < 1.29 is 18.4 Å². The molecule has 2 heterocycles. The van der Waals surface area contributed by atoms with Crippen LogP contribution in [0.4, 0.5) is 8.78 Å². The highest BCUT2D eigenvalue weighted by molar-refractivity contribution is 6.31. The zero-order valence-electron chi connectivity index (χ0n) is 15.9. The third-order valence-electron chi connectivity index (χ3n) is 5.78. The molecule has 1 aromatic heterocycles. The van der Waals surface area contributed by atoms with Crippen LogP contribution in [-0.2, 0) is 17.9 Å². The predicted molar refractivity (Wildman–Crippen MR) is 103 cm³/mol. The number of benzene rings is 1. The molecular weight excluding hydrogens is 402 g/mol. The third-order valence-corrected chi connectivity index (χ3v) is 6.07. The molecule has 0 bridgehead atoms. The zero-order valence-corrected chi connectivity index (χ0v) is 16.7. The molecule has 4 rings (SSSR count). The Morgan fingerprint density at radius 3 is 2.69 bits per heavy atom. The monoisotopic (exact) mass is 422 g/mol. The zero-order chi connectivity index (χ0) is 20.9. The minimum Gasteiger partial charge on any atom is -0.365 e. The fourth-order valence-corrected chi connectivity index (χ4v) is 4.45. The van der Waals surface area contributed by atoms with Crippen LogP contribution >= 0.6 is 11.6 Å². The minimum absolute atomic E-state index is 0.0753. The highest BCUT2D eigenvalue weighted by Crippen LogP contribution is 2.45. The molecular formula is C20H21ClF2N4O2. The number of halogens is 3. The number of hydrogen-bond donors (Lipinski definition) is 1. The van der Waals surface area contributed by atoms with Gasteiger partial charge in [-0.1, -0.05) is 18.5 Å². The van der Waals surface area contributed by atoms with Gasteiger partial charge in [0, 0.05) is 18.5 Å². The Labute approximate surface area is 171 Å². The quantitative estimate of drug-likeness (QED) is 0.820. The molecule has 9 heteroatoms. The van der Waals surface area contributed by atoms with Crippen LogP contribution in [0.5, 0.6) is 0 Å².